The molecule has 1 aromatic heterocycles. The largest absolute Gasteiger partial charge is 0.372 e. The average molecular weight is 360 g/mol. The van der Waals surface area contributed by atoms with E-state index in [1.807, 2.05) is 35.0 Å². The lowest BCUT2D eigenvalue weighted by Crippen LogP contribution is -2.23. The Morgan fingerprint density at radius 2 is 1.67 bits per heavy atom. The summed E-state index contributed by atoms with van der Waals surface area (Å²) in [7, 11) is 0. The number of nitrogens with one attached hydrogen (secondary N) is 1. The molecule has 4 rings (SSSR count). The van der Waals surface area contributed by atoms with Crippen molar-refractivity contribution in [3.05, 3.63) is 83.9 Å². The zero-order valence-corrected chi connectivity index (χ0v) is 15.3. The maximum atomic E-state index is 12.4. The van der Waals surface area contributed by atoms with Crippen molar-refractivity contribution >= 4 is 11.6 Å². The predicted molar refractivity (Wildman–Crippen MR) is 107 cm³/mol. The van der Waals surface area contributed by atoms with Crippen molar-refractivity contribution in [1.29, 1.82) is 0 Å². The maximum Gasteiger partial charge on any atom is 0.251 e. The van der Waals surface area contributed by atoms with E-state index in [1.54, 1.807) is 12.5 Å². The van der Waals surface area contributed by atoms with Gasteiger partial charge >= 0.3 is 0 Å². The molecule has 0 unspecified atom stereocenters. The zero-order valence-electron chi connectivity index (χ0n) is 15.3. The zero-order chi connectivity index (χ0) is 18.5. The van der Waals surface area contributed by atoms with Gasteiger partial charge in [0.2, 0.25) is 0 Å². The second-order valence-corrected chi connectivity index (χ2v) is 6.98. The Bertz CT molecular complexity index is 864. The van der Waals surface area contributed by atoms with Crippen molar-refractivity contribution in [3.63, 3.8) is 0 Å². The van der Waals surface area contributed by atoms with Gasteiger partial charge in [0.15, 0.2) is 0 Å². The molecule has 1 N–H and O–H groups in total. The van der Waals surface area contributed by atoms with Crippen LogP contribution in [0.4, 0.5) is 5.69 Å². The minimum Gasteiger partial charge on any atom is -0.372 e. The third-order valence-electron chi connectivity index (χ3n) is 5.00. The summed E-state index contributed by atoms with van der Waals surface area (Å²) in [5.74, 6) is -0.0483. The summed E-state index contributed by atoms with van der Waals surface area (Å²) >= 11 is 0. The lowest BCUT2D eigenvalue weighted by Gasteiger charge is -2.17. The summed E-state index contributed by atoms with van der Waals surface area (Å²) in [6.07, 6.45) is 8.03. The summed E-state index contributed by atoms with van der Waals surface area (Å²) in [4.78, 5) is 18.8. The Balaban J connectivity index is 1.31. The van der Waals surface area contributed by atoms with Gasteiger partial charge < -0.3 is 14.8 Å². The fraction of sp³-hybridized carbons (Fsp3) is 0.273. The molecule has 0 spiro atoms. The highest BCUT2D eigenvalue weighted by atomic mass is 16.1. The van der Waals surface area contributed by atoms with Crippen LogP contribution in [0.1, 0.15) is 34.3 Å². The molecule has 5 nitrogen and oxygen atoms in total. The highest BCUT2D eigenvalue weighted by Crippen LogP contribution is 2.20. The molecule has 138 valence electrons. The van der Waals surface area contributed by atoms with Crippen molar-refractivity contribution in [2.45, 2.75) is 25.9 Å². The van der Waals surface area contributed by atoms with E-state index >= 15 is 0 Å². The van der Waals surface area contributed by atoms with Crippen molar-refractivity contribution in [3.8, 4) is 0 Å². The van der Waals surface area contributed by atoms with Gasteiger partial charge in [-0.05, 0) is 48.2 Å². The molecule has 0 saturated carbocycles. The second-order valence-electron chi connectivity index (χ2n) is 6.98. The molecule has 0 aliphatic carbocycles. The van der Waals surface area contributed by atoms with Crippen LogP contribution in [0.25, 0.3) is 0 Å². The average Bonchev–Trinajstić information content (AvgIpc) is 3.41. The lowest BCUT2D eigenvalue weighted by atomic mass is 10.1. The first-order valence-corrected chi connectivity index (χ1v) is 9.45. The highest BCUT2D eigenvalue weighted by molar-refractivity contribution is 5.94. The molecule has 1 saturated heterocycles. The van der Waals surface area contributed by atoms with Crippen molar-refractivity contribution in [1.82, 2.24) is 14.9 Å². The van der Waals surface area contributed by atoms with Gasteiger partial charge in [-0.2, -0.15) is 0 Å². The number of aromatic nitrogens is 2. The van der Waals surface area contributed by atoms with Crippen LogP contribution in [0.5, 0.6) is 0 Å². The first-order valence-electron chi connectivity index (χ1n) is 9.45. The molecular weight excluding hydrogens is 336 g/mol. The van der Waals surface area contributed by atoms with E-state index in [1.165, 1.54) is 18.5 Å². The number of hydrogen-bond donors (Lipinski definition) is 1. The molecule has 27 heavy (non-hydrogen) atoms. The van der Waals surface area contributed by atoms with Crippen LogP contribution in [0.15, 0.2) is 67.3 Å². The standard InChI is InChI=1S/C22H24N4O/c27-22(20-7-3-19(4-8-20)16-25-14-11-23-17-25)24-15-18-5-9-21(10-6-18)26-12-1-2-13-26/h3-11,14,17H,1-2,12-13,15-16H2,(H,24,27). The fourth-order valence-corrected chi connectivity index (χ4v) is 3.44. The number of nitrogens with zero attached hydrogens (tertiary/aromatic N) is 3. The molecule has 3 aromatic rings. The van der Waals surface area contributed by atoms with E-state index in [-0.39, 0.29) is 5.91 Å². The van der Waals surface area contributed by atoms with Gasteiger partial charge in [0.1, 0.15) is 0 Å². The van der Waals surface area contributed by atoms with Crippen molar-refractivity contribution in [2.24, 2.45) is 0 Å². The summed E-state index contributed by atoms with van der Waals surface area (Å²) < 4.78 is 2.00. The van der Waals surface area contributed by atoms with Gasteiger partial charge in [-0.15, -0.1) is 0 Å². The van der Waals surface area contributed by atoms with Crippen LogP contribution < -0.4 is 10.2 Å². The summed E-state index contributed by atoms with van der Waals surface area (Å²) in [5.41, 5.74) is 4.21. The topological polar surface area (TPSA) is 50.2 Å². The maximum absolute atomic E-state index is 12.4. The second kappa shape index (κ2) is 8.08. The van der Waals surface area contributed by atoms with E-state index in [0.717, 1.165) is 30.8 Å². The number of imidazole rings is 1. The first-order chi connectivity index (χ1) is 13.3. The van der Waals surface area contributed by atoms with Gasteiger partial charge in [-0.3, -0.25) is 4.79 Å². The van der Waals surface area contributed by atoms with Crippen LogP contribution in [0.2, 0.25) is 0 Å². The SMILES string of the molecule is O=C(NCc1ccc(N2CCCC2)cc1)c1ccc(Cn2ccnc2)cc1. The Labute approximate surface area is 159 Å². The number of anilines is 1. The van der Waals surface area contributed by atoms with Crippen LogP contribution in [-0.2, 0) is 13.1 Å². The summed E-state index contributed by atoms with van der Waals surface area (Å²) in [6.45, 7) is 3.58. The number of benzene rings is 2. The van der Waals surface area contributed by atoms with E-state index in [9.17, 15) is 4.79 Å². The number of amides is 1. The molecule has 2 heterocycles. The Kier molecular flexibility index (Phi) is 5.19. The number of carbonyl (C=O) groups is 1. The Morgan fingerprint density at radius 3 is 2.33 bits per heavy atom. The van der Waals surface area contributed by atoms with Crippen molar-refractivity contribution in [2.75, 3.05) is 18.0 Å². The smallest absolute Gasteiger partial charge is 0.251 e. The molecule has 1 amide bonds. The van der Waals surface area contributed by atoms with Gasteiger partial charge in [0, 0.05) is 49.8 Å². The van der Waals surface area contributed by atoms with Crippen molar-refractivity contribution < 1.29 is 4.79 Å². The Hall–Kier alpha value is -3.08. The van der Waals surface area contributed by atoms with Gasteiger partial charge in [-0.25, -0.2) is 4.98 Å². The molecule has 2 aromatic carbocycles. The van der Waals surface area contributed by atoms with Crippen LogP contribution in [-0.4, -0.2) is 28.5 Å². The predicted octanol–water partition coefficient (Wildman–Crippen LogP) is 3.46. The third kappa shape index (κ3) is 4.37. The normalized spacial score (nSPS) is 13.7. The fourth-order valence-electron chi connectivity index (χ4n) is 3.44. The highest BCUT2D eigenvalue weighted by Gasteiger charge is 2.12. The van der Waals surface area contributed by atoms with Crippen LogP contribution >= 0.6 is 0 Å². The molecule has 5 heteroatoms. The van der Waals surface area contributed by atoms with Gasteiger partial charge in [0.05, 0.1) is 6.33 Å². The minimum absolute atomic E-state index is 0.0483. The van der Waals surface area contributed by atoms with Crippen LogP contribution in [0, 0.1) is 0 Å². The summed E-state index contributed by atoms with van der Waals surface area (Å²) in [5, 5.41) is 3.00. The first kappa shape index (κ1) is 17.3. The van der Waals surface area contributed by atoms with E-state index in [4.69, 9.17) is 0 Å². The quantitative estimate of drug-likeness (QED) is 0.732. The molecule has 0 bridgehead atoms. The number of rotatable bonds is 6. The monoisotopic (exact) mass is 360 g/mol. The molecule has 1 aliphatic heterocycles. The summed E-state index contributed by atoms with van der Waals surface area (Å²) in [6, 6.07) is 16.2. The molecule has 0 radical (unpaired) electrons. The van der Waals surface area contributed by atoms with Gasteiger partial charge in [-0.1, -0.05) is 24.3 Å². The lowest BCUT2D eigenvalue weighted by molar-refractivity contribution is 0.0951. The van der Waals surface area contributed by atoms with E-state index < -0.39 is 0 Å². The van der Waals surface area contributed by atoms with Gasteiger partial charge in [0.25, 0.3) is 5.91 Å². The number of hydrogen-bond acceptors (Lipinski definition) is 3. The van der Waals surface area contributed by atoms with E-state index in [2.05, 4.69) is 39.5 Å². The third-order valence-corrected chi connectivity index (χ3v) is 5.00. The molecule has 1 fully saturated rings. The van der Waals surface area contributed by atoms with E-state index in [0.29, 0.717) is 12.1 Å². The molecular formula is C22H24N4O. The number of carbonyl (C=O) groups excluding carboxylic acids is 1. The Morgan fingerprint density at radius 1 is 0.963 bits per heavy atom. The molecule has 0 atom stereocenters. The van der Waals surface area contributed by atoms with Crippen LogP contribution in [0.3, 0.4) is 0 Å². The minimum atomic E-state index is -0.0483. The molecule has 1 aliphatic rings.